The van der Waals surface area contributed by atoms with Gasteiger partial charge in [0.15, 0.2) is 0 Å². The van der Waals surface area contributed by atoms with Crippen molar-refractivity contribution in [1.82, 2.24) is 41.0 Å². The number of nitrogens with zero attached hydrogens (tertiary/aromatic N) is 5. The maximum atomic E-state index is 13.0. The normalized spacial score (nSPS) is 21.4. The highest BCUT2D eigenvalue weighted by molar-refractivity contribution is 6.19. The molecule has 21 heteroatoms. The molecule has 8 heterocycles. The molecule has 14 rings (SSSR count). The van der Waals surface area contributed by atoms with E-state index in [9.17, 15) is 28.8 Å². The Morgan fingerprint density at radius 1 is 0.655 bits per heavy atom. The van der Waals surface area contributed by atoms with E-state index in [2.05, 4.69) is 75.1 Å². The van der Waals surface area contributed by atoms with Crippen molar-refractivity contribution < 1.29 is 38.6 Å². The molecule has 6 atom stereocenters. The summed E-state index contributed by atoms with van der Waals surface area (Å²) < 4.78 is 5.51. The molecule has 0 saturated heterocycles. The highest BCUT2D eigenvalue weighted by Crippen LogP contribution is 2.50. The van der Waals surface area contributed by atoms with E-state index in [-0.39, 0.29) is 77.6 Å². The number of halogens is 1. The number of carboxylic acid groups (broad SMARTS) is 1. The number of carbonyl (C=O) groups is 6. The summed E-state index contributed by atoms with van der Waals surface area (Å²) in [5.74, 6) is -1.13. The van der Waals surface area contributed by atoms with Gasteiger partial charge in [0.25, 0.3) is 11.8 Å². The van der Waals surface area contributed by atoms with E-state index < -0.39 is 11.6 Å². The SMILES string of the molecule is CC(C)(C)OC(=O)N1CC=C(c2[nH]c3cc(NC(=O)C4CC4c4cccnc4)cc4c3c2C=NNC4=O)CC1.Cl.O=C(O)C1CC1c1cccnc1.O=C1NN=Cc2c(C3=CCNCC3)[nH]c3cc(NC(=O)C4CC4c4ccccc4)cc1c23. The van der Waals surface area contributed by atoms with Crippen LogP contribution >= 0.6 is 12.4 Å². The molecule has 3 fully saturated rings. The van der Waals surface area contributed by atoms with Crippen molar-refractivity contribution in [2.45, 2.75) is 76.2 Å². The lowest BCUT2D eigenvalue weighted by atomic mass is 9.98. The van der Waals surface area contributed by atoms with Crippen molar-refractivity contribution in [3.63, 3.8) is 0 Å². The van der Waals surface area contributed by atoms with Crippen molar-refractivity contribution >= 4 is 105 Å². The molecule has 20 nitrogen and oxygen atoms in total. The average Bonchev–Trinajstić information content (AvgIpc) is 2.52. The maximum Gasteiger partial charge on any atom is 0.410 e. The molecule has 0 bridgehead atoms. The number of benzene rings is 3. The van der Waals surface area contributed by atoms with E-state index in [0.29, 0.717) is 42.0 Å². The lowest BCUT2D eigenvalue weighted by Crippen LogP contribution is -2.39. The lowest BCUT2D eigenvalue weighted by molar-refractivity contribution is -0.138. The van der Waals surface area contributed by atoms with E-state index >= 15 is 0 Å². The van der Waals surface area contributed by atoms with Crippen LogP contribution in [0, 0.1) is 17.8 Å². The highest BCUT2D eigenvalue weighted by Gasteiger charge is 2.46. The standard InChI is InChI=1S/C29H30N6O4.C25H23N5O2.C9H9NO2.ClH/c1-29(2,3)39-28(38)35-9-6-16(7-10-35)25-22-15-31-34-27(37)21-11-18(12-23(33-25)24(21)22)32-26(36)20-13-19(20)17-5-4-8-30-14-17;31-24(18-12-17(18)14-4-2-1-3-5-14)28-16-10-19-22-20(13-27-30-25(19)32)23(29-21(22)11-16)15-6-8-26-9-7-15;11-9(12)8-4-7(8)6-2-1-3-10-5-6;/h4-6,8,11-12,14-15,19-20,33H,7,9-10,13H2,1-3H3,(H,32,36)(H,34,37);1-6,10-11,13,17-18,26,29H,7-9,12H2,(H,28,31)(H,30,32);1-3,5,7-8H,4H2,(H,11,12);1H. The van der Waals surface area contributed by atoms with Gasteiger partial charge in [-0.2, -0.15) is 10.2 Å². The molecule has 4 aromatic heterocycles. The zero-order chi connectivity index (χ0) is 57.5. The van der Waals surface area contributed by atoms with Gasteiger partial charge in [-0.1, -0.05) is 54.6 Å². The quantitative estimate of drug-likeness (QED) is 0.0638. The van der Waals surface area contributed by atoms with E-state index in [4.69, 9.17) is 9.84 Å². The number of H-pyrrole nitrogens is 2. The number of hydrazone groups is 2. The van der Waals surface area contributed by atoms with Gasteiger partial charge in [-0.3, -0.25) is 33.9 Å². The largest absolute Gasteiger partial charge is 0.481 e. The summed E-state index contributed by atoms with van der Waals surface area (Å²) in [6, 6.07) is 25.0. The fraction of sp³-hybridized carbons (Fsp3) is 0.302. The first-order chi connectivity index (χ1) is 40.2. The summed E-state index contributed by atoms with van der Waals surface area (Å²) in [5.41, 5.74) is 17.3. The van der Waals surface area contributed by atoms with Crippen LogP contribution in [0.2, 0.25) is 0 Å². The molecular weight excluding hydrogens is 1090 g/mol. The van der Waals surface area contributed by atoms with Crippen molar-refractivity contribution in [2.24, 2.45) is 28.0 Å². The smallest absolute Gasteiger partial charge is 0.410 e. The first kappa shape index (κ1) is 56.6. The van der Waals surface area contributed by atoms with Crippen molar-refractivity contribution in [2.75, 3.05) is 36.8 Å². The van der Waals surface area contributed by atoms with Gasteiger partial charge in [0, 0.05) is 101 Å². The number of nitrogens with one attached hydrogen (secondary N) is 7. The molecule has 3 aromatic carbocycles. The molecule has 7 aliphatic rings. The van der Waals surface area contributed by atoms with Crippen molar-refractivity contribution in [3.8, 4) is 0 Å². The molecule has 84 heavy (non-hydrogen) atoms. The summed E-state index contributed by atoms with van der Waals surface area (Å²) >= 11 is 0. The Morgan fingerprint density at radius 3 is 1.63 bits per heavy atom. The Morgan fingerprint density at radius 2 is 1.17 bits per heavy atom. The number of carboxylic acids is 1. The second kappa shape index (κ2) is 23.5. The summed E-state index contributed by atoms with van der Waals surface area (Å²) in [4.78, 5) is 91.3. The van der Waals surface area contributed by atoms with Crippen LogP contribution in [0.25, 0.3) is 33.0 Å². The van der Waals surface area contributed by atoms with Gasteiger partial charge < -0.3 is 40.7 Å². The van der Waals surface area contributed by atoms with Gasteiger partial charge in [-0.05, 0) is 141 Å². The van der Waals surface area contributed by atoms with Crippen LogP contribution in [-0.4, -0.2) is 110 Å². The number of aliphatic carboxylic acids is 1. The van der Waals surface area contributed by atoms with Gasteiger partial charge in [0.1, 0.15) is 5.60 Å². The third kappa shape index (κ3) is 12.1. The van der Waals surface area contributed by atoms with Crippen LogP contribution in [-0.2, 0) is 19.1 Å². The maximum absolute atomic E-state index is 13.0. The molecule has 8 N–H and O–H groups in total. The molecule has 3 aliphatic carbocycles. The summed E-state index contributed by atoms with van der Waals surface area (Å²) in [5, 5.41) is 27.9. The molecule has 7 aromatic rings. The Labute approximate surface area is 489 Å². The van der Waals surface area contributed by atoms with E-state index in [1.807, 2.05) is 81.4 Å². The summed E-state index contributed by atoms with van der Waals surface area (Å²) in [6.07, 6.45) is 18.0. The number of carbonyl (C=O) groups excluding carboxylic acids is 5. The Balaban J connectivity index is 0.000000146. The predicted molar refractivity (Wildman–Crippen MR) is 322 cm³/mol. The second-order valence-electron chi connectivity index (χ2n) is 22.9. The third-order valence-corrected chi connectivity index (χ3v) is 16.0. The molecular formula is C63H63ClN12O8. The molecule has 3 saturated carbocycles. The van der Waals surface area contributed by atoms with Crippen molar-refractivity contribution in [3.05, 3.63) is 166 Å². The molecule has 6 unspecified atom stereocenters. The Bertz CT molecular complexity index is 3870. The number of anilines is 2. The lowest BCUT2D eigenvalue weighted by Gasteiger charge is -2.29. The summed E-state index contributed by atoms with van der Waals surface area (Å²) in [6.45, 7) is 8.20. The van der Waals surface area contributed by atoms with Gasteiger partial charge in [-0.25, -0.2) is 15.6 Å². The van der Waals surface area contributed by atoms with Crippen molar-refractivity contribution in [1.29, 1.82) is 0 Å². The number of hydrogen-bond donors (Lipinski definition) is 8. The topological polar surface area (TPSA) is 277 Å². The van der Waals surface area contributed by atoms with E-state index in [0.717, 1.165) is 99.8 Å². The number of pyridine rings is 2. The highest BCUT2D eigenvalue weighted by atomic mass is 35.5. The molecule has 4 aliphatic heterocycles. The Hall–Kier alpha value is -9.27. The first-order valence-corrected chi connectivity index (χ1v) is 28.0. The van der Waals surface area contributed by atoms with Crippen LogP contribution in [0.15, 0.2) is 126 Å². The van der Waals surface area contributed by atoms with Gasteiger partial charge >= 0.3 is 12.1 Å². The van der Waals surface area contributed by atoms with Gasteiger partial charge in [0.05, 0.1) is 40.9 Å². The number of rotatable bonds is 10. The minimum absolute atomic E-state index is 0. The number of hydrogen-bond acceptors (Lipinski definition) is 12. The van der Waals surface area contributed by atoms with E-state index in [1.165, 1.54) is 11.1 Å². The number of ether oxygens (including phenoxy) is 1. The monoisotopic (exact) mass is 1150 g/mol. The first-order valence-electron chi connectivity index (χ1n) is 28.0. The number of amides is 5. The zero-order valence-corrected chi connectivity index (χ0v) is 47.2. The van der Waals surface area contributed by atoms with Crippen LogP contribution in [0.3, 0.4) is 0 Å². The van der Waals surface area contributed by atoms with Crippen LogP contribution in [0.4, 0.5) is 16.2 Å². The fourth-order valence-electron chi connectivity index (χ4n) is 11.6. The van der Waals surface area contributed by atoms with E-state index in [1.54, 1.807) is 54.2 Å². The predicted octanol–water partition coefficient (Wildman–Crippen LogP) is 9.46. The number of aromatic amines is 2. The zero-order valence-electron chi connectivity index (χ0n) is 46.4. The number of aromatic nitrogens is 4. The Kier molecular flexibility index (Phi) is 15.9. The average molecular weight is 1150 g/mol. The minimum atomic E-state index is -0.691. The molecule has 0 radical (unpaired) electrons. The van der Waals surface area contributed by atoms with Gasteiger partial charge in [-0.15, -0.1) is 12.4 Å². The second-order valence-corrected chi connectivity index (χ2v) is 22.9. The van der Waals surface area contributed by atoms with Crippen LogP contribution in [0.5, 0.6) is 0 Å². The molecule has 5 amide bonds. The molecule has 430 valence electrons. The fourth-order valence-corrected chi connectivity index (χ4v) is 11.6. The van der Waals surface area contributed by atoms with Crippen LogP contribution < -0.4 is 26.8 Å². The van der Waals surface area contributed by atoms with Gasteiger partial charge in [0.2, 0.25) is 11.8 Å². The molecule has 0 spiro atoms. The summed E-state index contributed by atoms with van der Waals surface area (Å²) in [7, 11) is 0. The third-order valence-electron chi connectivity index (χ3n) is 16.0. The minimum Gasteiger partial charge on any atom is -0.481 e. The van der Waals surface area contributed by atoms with Crippen LogP contribution in [0.1, 0.15) is 131 Å².